The predicted molar refractivity (Wildman–Crippen MR) is 62.3 cm³/mol. The molecule has 0 fully saturated rings. The number of hydrogen-bond donors (Lipinski definition) is 2. The van der Waals surface area contributed by atoms with Crippen LogP contribution in [0.4, 0.5) is 0 Å². The normalized spacial score (nSPS) is 19.6. The molecule has 1 unspecified atom stereocenters. The lowest BCUT2D eigenvalue weighted by molar-refractivity contribution is 0.518. The van der Waals surface area contributed by atoms with E-state index < -0.39 is 0 Å². The highest BCUT2D eigenvalue weighted by atomic mass is 35.5. The summed E-state index contributed by atoms with van der Waals surface area (Å²) in [5, 5.41) is 5.55. The lowest BCUT2D eigenvalue weighted by atomic mass is 10.0. The van der Waals surface area contributed by atoms with Crippen molar-refractivity contribution in [2.24, 2.45) is 5.73 Å². The third kappa shape index (κ3) is 2.58. The fourth-order valence-electron chi connectivity index (χ4n) is 1.54. The highest BCUT2D eigenvalue weighted by molar-refractivity contribution is 7.10. The molecule has 0 amide bonds. The van der Waals surface area contributed by atoms with Gasteiger partial charge in [-0.05, 0) is 23.4 Å². The van der Waals surface area contributed by atoms with Crippen molar-refractivity contribution in [3.05, 3.63) is 21.9 Å². The summed E-state index contributed by atoms with van der Waals surface area (Å²) < 4.78 is 0. The first-order valence-corrected chi connectivity index (χ1v) is 4.79. The van der Waals surface area contributed by atoms with E-state index in [0.717, 1.165) is 6.54 Å². The van der Waals surface area contributed by atoms with E-state index in [9.17, 15) is 0 Å². The maximum absolute atomic E-state index is 5.62. The maximum Gasteiger partial charge on any atom is 0.0455 e. The SMILES string of the molecule is Cl.Cl.NCC1NCCc2sccc21. The van der Waals surface area contributed by atoms with Crippen LogP contribution in [0.2, 0.25) is 0 Å². The molecule has 1 aromatic heterocycles. The standard InChI is InChI=1S/C8H12N2S.2ClH/c9-5-7-6-2-4-11-8(6)1-3-10-7;;/h2,4,7,10H,1,3,5,9H2;2*1H. The van der Waals surface area contributed by atoms with Gasteiger partial charge in [0.05, 0.1) is 0 Å². The smallest absolute Gasteiger partial charge is 0.0455 e. The van der Waals surface area contributed by atoms with E-state index in [1.165, 1.54) is 16.9 Å². The highest BCUT2D eigenvalue weighted by Crippen LogP contribution is 2.26. The van der Waals surface area contributed by atoms with Crippen molar-refractivity contribution in [3.8, 4) is 0 Å². The van der Waals surface area contributed by atoms with Crippen LogP contribution in [0.25, 0.3) is 0 Å². The van der Waals surface area contributed by atoms with Crippen molar-refractivity contribution >= 4 is 36.2 Å². The fraction of sp³-hybridized carbons (Fsp3) is 0.500. The second kappa shape index (κ2) is 5.83. The van der Waals surface area contributed by atoms with Crippen LogP contribution in [0, 0.1) is 0 Å². The Morgan fingerprint density at radius 3 is 3.00 bits per heavy atom. The third-order valence-corrected chi connectivity index (χ3v) is 3.13. The molecule has 0 spiro atoms. The van der Waals surface area contributed by atoms with E-state index >= 15 is 0 Å². The van der Waals surface area contributed by atoms with Gasteiger partial charge in [0.2, 0.25) is 0 Å². The Kier molecular flexibility index (Phi) is 5.92. The van der Waals surface area contributed by atoms with E-state index in [-0.39, 0.29) is 24.8 Å². The first-order chi connectivity index (χ1) is 5.42. The molecule has 1 aliphatic heterocycles. The molecule has 1 aliphatic rings. The monoisotopic (exact) mass is 240 g/mol. The molecule has 0 radical (unpaired) electrons. The summed E-state index contributed by atoms with van der Waals surface area (Å²) in [6, 6.07) is 2.59. The van der Waals surface area contributed by atoms with Crippen molar-refractivity contribution in [3.63, 3.8) is 0 Å². The molecule has 2 heterocycles. The topological polar surface area (TPSA) is 38.0 Å². The first-order valence-electron chi connectivity index (χ1n) is 3.91. The van der Waals surface area contributed by atoms with Crippen LogP contribution in [0.15, 0.2) is 11.4 Å². The van der Waals surface area contributed by atoms with Crippen LogP contribution in [0.3, 0.4) is 0 Å². The van der Waals surface area contributed by atoms with Gasteiger partial charge in [-0.2, -0.15) is 0 Å². The zero-order valence-corrected chi connectivity index (χ0v) is 9.60. The third-order valence-electron chi connectivity index (χ3n) is 2.13. The summed E-state index contributed by atoms with van der Waals surface area (Å²) in [7, 11) is 0. The summed E-state index contributed by atoms with van der Waals surface area (Å²) in [5.74, 6) is 0. The molecule has 0 saturated heterocycles. The number of thiophene rings is 1. The minimum atomic E-state index is 0. The Morgan fingerprint density at radius 2 is 2.31 bits per heavy atom. The molecular formula is C8H14Cl2N2S. The maximum atomic E-state index is 5.62. The molecule has 5 heteroatoms. The van der Waals surface area contributed by atoms with Crippen LogP contribution in [-0.4, -0.2) is 13.1 Å². The Labute approximate surface area is 94.7 Å². The van der Waals surface area contributed by atoms with E-state index in [1.807, 2.05) is 11.3 Å². The van der Waals surface area contributed by atoms with Crippen LogP contribution < -0.4 is 11.1 Å². The number of halogens is 2. The molecule has 0 bridgehead atoms. The summed E-state index contributed by atoms with van der Waals surface area (Å²) in [5.41, 5.74) is 7.04. The van der Waals surface area contributed by atoms with Gasteiger partial charge in [-0.15, -0.1) is 36.2 Å². The van der Waals surface area contributed by atoms with Crippen molar-refractivity contribution in [1.29, 1.82) is 0 Å². The van der Waals surface area contributed by atoms with Crippen molar-refractivity contribution in [2.45, 2.75) is 12.5 Å². The molecule has 0 aromatic carbocycles. The zero-order valence-electron chi connectivity index (χ0n) is 7.16. The van der Waals surface area contributed by atoms with E-state index in [2.05, 4.69) is 16.8 Å². The Morgan fingerprint density at radius 1 is 1.54 bits per heavy atom. The van der Waals surface area contributed by atoms with Gasteiger partial charge in [-0.3, -0.25) is 0 Å². The summed E-state index contributed by atoms with van der Waals surface area (Å²) in [4.78, 5) is 1.51. The second-order valence-electron chi connectivity index (χ2n) is 2.79. The van der Waals surface area contributed by atoms with Crippen LogP contribution in [0.5, 0.6) is 0 Å². The summed E-state index contributed by atoms with van der Waals surface area (Å²) in [6.07, 6.45) is 1.17. The number of fused-ring (bicyclic) bond motifs is 1. The molecule has 2 nitrogen and oxygen atoms in total. The van der Waals surface area contributed by atoms with Crippen molar-refractivity contribution in [2.75, 3.05) is 13.1 Å². The van der Waals surface area contributed by atoms with E-state index in [1.54, 1.807) is 0 Å². The molecule has 0 aliphatic carbocycles. The average Bonchev–Trinajstić information content (AvgIpc) is 2.50. The molecule has 0 saturated carbocycles. The van der Waals surface area contributed by atoms with Gasteiger partial charge < -0.3 is 11.1 Å². The van der Waals surface area contributed by atoms with Crippen molar-refractivity contribution in [1.82, 2.24) is 5.32 Å². The van der Waals surface area contributed by atoms with Gasteiger partial charge in [0, 0.05) is 24.0 Å². The zero-order chi connectivity index (χ0) is 7.68. The molecule has 13 heavy (non-hydrogen) atoms. The second-order valence-corrected chi connectivity index (χ2v) is 3.79. The van der Waals surface area contributed by atoms with Crippen molar-refractivity contribution < 1.29 is 0 Å². The minimum absolute atomic E-state index is 0. The minimum Gasteiger partial charge on any atom is -0.329 e. The summed E-state index contributed by atoms with van der Waals surface area (Å²) in [6.45, 7) is 1.79. The van der Waals surface area contributed by atoms with Crippen LogP contribution >= 0.6 is 36.2 Å². The number of rotatable bonds is 1. The van der Waals surface area contributed by atoms with Gasteiger partial charge in [0.25, 0.3) is 0 Å². The Balaban J connectivity index is 0.000000720. The Bertz CT molecular complexity index is 252. The van der Waals surface area contributed by atoms with Gasteiger partial charge in [-0.1, -0.05) is 0 Å². The fourth-order valence-corrected chi connectivity index (χ4v) is 2.49. The number of hydrogen-bond acceptors (Lipinski definition) is 3. The van der Waals surface area contributed by atoms with Gasteiger partial charge in [0.15, 0.2) is 0 Å². The van der Waals surface area contributed by atoms with Gasteiger partial charge in [-0.25, -0.2) is 0 Å². The van der Waals surface area contributed by atoms with E-state index in [4.69, 9.17) is 5.73 Å². The molecule has 76 valence electrons. The Hall–Kier alpha value is 0.200. The molecule has 3 N–H and O–H groups in total. The molecule has 1 aromatic rings. The molecular weight excluding hydrogens is 227 g/mol. The largest absolute Gasteiger partial charge is 0.329 e. The highest BCUT2D eigenvalue weighted by Gasteiger charge is 2.18. The van der Waals surface area contributed by atoms with Crippen LogP contribution in [-0.2, 0) is 6.42 Å². The molecule has 2 rings (SSSR count). The molecule has 1 atom stereocenters. The number of nitrogens with two attached hydrogens (primary N) is 1. The van der Waals surface area contributed by atoms with Gasteiger partial charge >= 0.3 is 0 Å². The lowest BCUT2D eigenvalue weighted by Crippen LogP contribution is -2.33. The summed E-state index contributed by atoms with van der Waals surface area (Å²) >= 11 is 1.85. The average molecular weight is 241 g/mol. The number of nitrogens with one attached hydrogen (secondary N) is 1. The van der Waals surface area contributed by atoms with Gasteiger partial charge in [0.1, 0.15) is 0 Å². The quantitative estimate of drug-likeness (QED) is 0.785. The van der Waals surface area contributed by atoms with E-state index in [0.29, 0.717) is 12.6 Å². The van der Waals surface area contributed by atoms with Crippen LogP contribution in [0.1, 0.15) is 16.5 Å². The first kappa shape index (κ1) is 13.2. The predicted octanol–water partition coefficient (Wildman–Crippen LogP) is 1.74. The lowest BCUT2D eigenvalue weighted by Gasteiger charge is -2.22.